The van der Waals surface area contributed by atoms with E-state index < -0.39 is 0 Å². The molecule has 0 spiro atoms. The Balaban J connectivity index is 1.53. The van der Waals surface area contributed by atoms with Gasteiger partial charge in [0.2, 0.25) is 0 Å². The number of ether oxygens (including phenoxy) is 2. The van der Waals surface area contributed by atoms with Gasteiger partial charge < -0.3 is 19.5 Å². The number of aliphatic hydroxyl groups excluding tert-OH is 1. The van der Waals surface area contributed by atoms with Crippen molar-refractivity contribution < 1.29 is 14.6 Å². The maximum Gasteiger partial charge on any atom is 0.118 e. The van der Waals surface area contributed by atoms with Gasteiger partial charge in [-0.2, -0.15) is 0 Å². The monoisotopic (exact) mass is 261 g/mol. The molecule has 0 radical (unpaired) electrons. The van der Waals surface area contributed by atoms with Crippen LogP contribution in [0.5, 0.6) is 5.75 Å². The van der Waals surface area contributed by atoms with E-state index in [0.717, 1.165) is 30.8 Å². The van der Waals surface area contributed by atoms with Crippen LogP contribution in [0.15, 0.2) is 36.0 Å². The zero-order valence-corrected chi connectivity index (χ0v) is 11.1. The molecule has 0 aromatic heterocycles. The molecule has 4 nitrogen and oxygen atoms in total. The molecule has 3 rings (SSSR count). The summed E-state index contributed by atoms with van der Waals surface area (Å²) in [6, 6.07) is 7.93. The Morgan fingerprint density at radius 2 is 2.05 bits per heavy atom. The molecule has 1 aromatic rings. The predicted octanol–water partition coefficient (Wildman–Crippen LogP) is 1.54. The van der Waals surface area contributed by atoms with Crippen molar-refractivity contribution in [1.82, 2.24) is 4.90 Å². The lowest BCUT2D eigenvalue weighted by atomic mass is 10.2. The molecule has 0 bridgehead atoms. The summed E-state index contributed by atoms with van der Waals surface area (Å²) in [6.07, 6.45) is 2.85. The van der Waals surface area contributed by atoms with Crippen molar-refractivity contribution in [3.05, 3.63) is 41.6 Å². The molecule has 1 fully saturated rings. The van der Waals surface area contributed by atoms with Gasteiger partial charge in [0, 0.05) is 25.2 Å². The molecule has 1 N–H and O–H groups in total. The van der Waals surface area contributed by atoms with Gasteiger partial charge in [-0.15, -0.1) is 0 Å². The van der Waals surface area contributed by atoms with Crippen molar-refractivity contribution in [2.45, 2.75) is 25.2 Å². The van der Waals surface area contributed by atoms with Gasteiger partial charge in [0.05, 0.1) is 25.9 Å². The minimum atomic E-state index is -0.200. The Hall–Kier alpha value is -1.52. The van der Waals surface area contributed by atoms with Crippen molar-refractivity contribution in [1.29, 1.82) is 0 Å². The fraction of sp³-hybridized carbons (Fsp3) is 0.467. The Kier molecular flexibility index (Phi) is 3.44. The number of aliphatic hydroxyl groups is 1. The summed E-state index contributed by atoms with van der Waals surface area (Å²) in [5.74, 6) is 0.862. The second kappa shape index (κ2) is 5.23. The first kappa shape index (κ1) is 12.5. The quantitative estimate of drug-likeness (QED) is 0.893. The Bertz CT molecular complexity index is 469. The first-order valence-electron chi connectivity index (χ1n) is 6.63. The molecule has 2 atom stereocenters. The van der Waals surface area contributed by atoms with E-state index in [1.54, 1.807) is 7.11 Å². The zero-order valence-electron chi connectivity index (χ0n) is 11.1. The summed E-state index contributed by atoms with van der Waals surface area (Å²) in [5, 5.41) is 9.54. The maximum absolute atomic E-state index is 9.54. The van der Waals surface area contributed by atoms with Gasteiger partial charge in [-0.05, 0) is 23.8 Å². The Morgan fingerprint density at radius 3 is 2.74 bits per heavy atom. The number of fused-ring (bicyclic) bond motifs is 1. The molecule has 0 amide bonds. The highest BCUT2D eigenvalue weighted by Crippen LogP contribution is 2.28. The summed E-state index contributed by atoms with van der Waals surface area (Å²) in [7, 11) is 1.66. The maximum atomic E-state index is 9.54. The highest BCUT2D eigenvalue weighted by atomic mass is 16.5. The van der Waals surface area contributed by atoms with E-state index in [0.29, 0.717) is 6.61 Å². The molecule has 2 aliphatic heterocycles. The van der Waals surface area contributed by atoms with Crippen LogP contribution in [0.4, 0.5) is 0 Å². The number of nitrogens with zero attached hydrogens (tertiary/aromatic N) is 1. The van der Waals surface area contributed by atoms with Gasteiger partial charge in [-0.25, -0.2) is 0 Å². The minimum absolute atomic E-state index is 0.143. The molecule has 1 unspecified atom stereocenters. The van der Waals surface area contributed by atoms with Crippen LogP contribution in [0.2, 0.25) is 0 Å². The van der Waals surface area contributed by atoms with Crippen molar-refractivity contribution >= 4 is 0 Å². The van der Waals surface area contributed by atoms with Crippen LogP contribution in [-0.4, -0.2) is 42.4 Å². The Morgan fingerprint density at radius 1 is 1.26 bits per heavy atom. The molecule has 102 valence electrons. The van der Waals surface area contributed by atoms with E-state index in [9.17, 15) is 5.11 Å². The molecule has 19 heavy (non-hydrogen) atoms. The molecular formula is C15H19NO3. The van der Waals surface area contributed by atoms with Crippen LogP contribution < -0.4 is 4.74 Å². The molecule has 4 heteroatoms. The van der Waals surface area contributed by atoms with Crippen molar-refractivity contribution in [2.24, 2.45) is 0 Å². The number of hydrogen-bond donors (Lipinski definition) is 1. The van der Waals surface area contributed by atoms with Gasteiger partial charge >= 0.3 is 0 Å². The third-order valence-electron chi connectivity index (χ3n) is 3.68. The minimum Gasteiger partial charge on any atom is -0.497 e. The molecule has 2 aliphatic rings. The van der Waals surface area contributed by atoms with E-state index in [1.807, 2.05) is 24.3 Å². The topological polar surface area (TPSA) is 41.9 Å². The van der Waals surface area contributed by atoms with Crippen molar-refractivity contribution in [2.75, 3.05) is 20.2 Å². The summed E-state index contributed by atoms with van der Waals surface area (Å²) in [5.41, 5.74) is 2.37. The highest BCUT2D eigenvalue weighted by Gasteiger charge is 2.31. The standard InChI is InChI=1S/C15H19NO3/c1-18-14-4-2-11(3-5-14)10-19-15-7-12-6-13(17)8-16(12)9-15/h2-5,7,13,15,17H,6,8-10H2,1H3/t13?,15-/m1/s1. The zero-order chi connectivity index (χ0) is 13.2. The third-order valence-corrected chi connectivity index (χ3v) is 3.68. The largest absolute Gasteiger partial charge is 0.497 e. The fourth-order valence-electron chi connectivity index (χ4n) is 2.68. The second-order valence-corrected chi connectivity index (χ2v) is 5.12. The summed E-state index contributed by atoms with van der Waals surface area (Å²) in [6.45, 7) is 2.21. The van der Waals surface area contributed by atoms with Crippen LogP contribution in [0.25, 0.3) is 0 Å². The first-order chi connectivity index (χ1) is 9.24. The van der Waals surface area contributed by atoms with Gasteiger partial charge in [0.1, 0.15) is 5.75 Å². The summed E-state index contributed by atoms with van der Waals surface area (Å²) < 4.78 is 11.0. The van der Waals surface area contributed by atoms with Crippen LogP contribution in [0, 0.1) is 0 Å². The van der Waals surface area contributed by atoms with Gasteiger partial charge in [-0.1, -0.05) is 12.1 Å². The van der Waals surface area contributed by atoms with E-state index in [2.05, 4.69) is 11.0 Å². The molecule has 1 saturated heterocycles. The van der Waals surface area contributed by atoms with E-state index in [1.165, 1.54) is 5.70 Å². The molecule has 1 aromatic carbocycles. The van der Waals surface area contributed by atoms with Crippen molar-refractivity contribution in [3.8, 4) is 5.75 Å². The summed E-state index contributed by atoms with van der Waals surface area (Å²) in [4.78, 5) is 2.21. The molecule has 2 heterocycles. The summed E-state index contributed by atoms with van der Waals surface area (Å²) >= 11 is 0. The SMILES string of the molecule is COc1ccc(CO[C@@H]2C=C3CC(O)CN3C2)cc1. The fourth-order valence-corrected chi connectivity index (χ4v) is 2.68. The van der Waals surface area contributed by atoms with Gasteiger partial charge in [-0.3, -0.25) is 0 Å². The number of rotatable bonds is 4. The number of hydrogen-bond acceptors (Lipinski definition) is 4. The van der Waals surface area contributed by atoms with Crippen molar-refractivity contribution in [3.63, 3.8) is 0 Å². The van der Waals surface area contributed by atoms with E-state index in [4.69, 9.17) is 9.47 Å². The lowest BCUT2D eigenvalue weighted by Gasteiger charge is -2.16. The van der Waals surface area contributed by atoms with E-state index >= 15 is 0 Å². The Labute approximate surface area is 113 Å². The lowest BCUT2D eigenvalue weighted by Crippen LogP contribution is -2.25. The predicted molar refractivity (Wildman–Crippen MR) is 71.9 cm³/mol. The van der Waals surface area contributed by atoms with Crippen LogP contribution in [-0.2, 0) is 11.3 Å². The van der Waals surface area contributed by atoms with Gasteiger partial charge in [0.15, 0.2) is 0 Å². The smallest absolute Gasteiger partial charge is 0.118 e. The average Bonchev–Trinajstić information content (AvgIpc) is 2.93. The lowest BCUT2D eigenvalue weighted by molar-refractivity contribution is 0.0612. The van der Waals surface area contributed by atoms with E-state index in [-0.39, 0.29) is 12.2 Å². The van der Waals surface area contributed by atoms with Crippen LogP contribution >= 0.6 is 0 Å². The molecular weight excluding hydrogens is 242 g/mol. The number of benzene rings is 1. The first-order valence-corrected chi connectivity index (χ1v) is 6.63. The van der Waals surface area contributed by atoms with Crippen LogP contribution in [0.1, 0.15) is 12.0 Å². The molecule has 0 saturated carbocycles. The van der Waals surface area contributed by atoms with Crippen LogP contribution in [0.3, 0.4) is 0 Å². The highest BCUT2D eigenvalue weighted by molar-refractivity contribution is 5.27. The van der Waals surface area contributed by atoms with Gasteiger partial charge in [0.25, 0.3) is 0 Å². The molecule has 0 aliphatic carbocycles. The average molecular weight is 261 g/mol. The second-order valence-electron chi connectivity index (χ2n) is 5.12. The normalized spacial score (nSPS) is 25.4. The third kappa shape index (κ3) is 2.74. The number of methoxy groups -OCH3 is 1.